The fourth-order valence-electron chi connectivity index (χ4n) is 1.58. The molecule has 1 saturated heterocycles. The Morgan fingerprint density at radius 3 is 2.92 bits per heavy atom. The SMILES string of the molecule is O=Cc1csc(CN2CCCC2)n1. The van der Waals surface area contributed by atoms with E-state index in [1.807, 2.05) is 5.38 Å². The zero-order chi connectivity index (χ0) is 9.10. The molecule has 1 aromatic heterocycles. The van der Waals surface area contributed by atoms with Crippen molar-refractivity contribution < 1.29 is 4.79 Å². The van der Waals surface area contributed by atoms with E-state index in [4.69, 9.17) is 0 Å². The molecule has 70 valence electrons. The molecule has 1 fully saturated rings. The number of thiazole rings is 1. The summed E-state index contributed by atoms with van der Waals surface area (Å²) >= 11 is 1.58. The molecule has 0 bridgehead atoms. The highest BCUT2D eigenvalue weighted by molar-refractivity contribution is 7.09. The van der Waals surface area contributed by atoms with Gasteiger partial charge in [0, 0.05) is 5.38 Å². The molecule has 3 nitrogen and oxygen atoms in total. The van der Waals surface area contributed by atoms with Gasteiger partial charge in [-0.2, -0.15) is 0 Å². The lowest BCUT2D eigenvalue weighted by Crippen LogP contribution is -2.18. The van der Waals surface area contributed by atoms with E-state index in [0.29, 0.717) is 5.69 Å². The average Bonchev–Trinajstić information content (AvgIpc) is 2.76. The summed E-state index contributed by atoms with van der Waals surface area (Å²) < 4.78 is 0. The van der Waals surface area contributed by atoms with Crippen molar-refractivity contribution >= 4 is 17.6 Å². The van der Waals surface area contributed by atoms with Crippen molar-refractivity contribution in [3.63, 3.8) is 0 Å². The van der Waals surface area contributed by atoms with Crippen LogP contribution in [0.4, 0.5) is 0 Å². The summed E-state index contributed by atoms with van der Waals surface area (Å²) in [6.07, 6.45) is 3.40. The van der Waals surface area contributed by atoms with Crippen molar-refractivity contribution in [1.29, 1.82) is 0 Å². The summed E-state index contributed by atoms with van der Waals surface area (Å²) in [7, 11) is 0. The maximum absolute atomic E-state index is 10.4. The van der Waals surface area contributed by atoms with Crippen LogP contribution >= 0.6 is 11.3 Å². The average molecular weight is 196 g/mol. The lowest BCUT2D eigenvalue weighted by molar-refractivity contribution is 0.111. The van der Waals surface area contributed by atoms with Crippen LogP contribution in [0.3, 0.4) is 0 Å². The van der Waals surface area contributed by atoms with Gasteiger partial charge in [0.1, 0.15) is 10.7 Å². The Hall–Kier alpha value is -0.740. The minimum atomic E-state index is 0.569. The molecular formula is C9H12N2OS. The lowest BCUT2D eigenvalue weighted by Gasteiger charge is -2.11. The number of hydrogen-bond donors (Lipinski definition) is 0. The van der Waals surface area contributed by atoms with Crippen LogP contribution in [0.2, 0.25) is 0 Å². The highest BCUT2D eigenvalue weighted by atomic mass is 32.1. The number of carbonyl (C=O) groups excluding carboxylic acids is 1. The quantitative estimate of drug-likeness (QED) is 0.688. The Morgan fingerprint density at radius 2 is 2.31 bits per heavy atom. The molecule has 2 rings (SSSR count). The van der Waals surface area contributed by atoms with Gasteiger partial charge < -0.3 is 0 Å². The van der Waals surface area contributed by atoms with Crippen molar-refractivity contribution in [2.75, 3.05) is 13.1 Å². The molecule has 0 amide bonds. The molecule has 1 aliphatic rings. The molecule has 0 spiro atoms. The van der Waals surface area contributed by atoms with Gasteiger partial charge in [-0.25, -0.2) is 4.98 Å². The Balaban J connectivity index is 1.96. The van der Waals surface area contributed by atoms with Crippen molar-refractivity contribution in [2.24, 2.45) is 0 Å². The van der Waals surface area contributed by atoms with E-state index in [-0.39, 0.29) is 0 Å². The maximum atomic E-state index is 10.4. The van der Waals surface area contributed by atoms with Gasteiger partial charge in [-0.1, -0.05) is 0 Å². The first-order valence-electron chi connectivity index (χ1n) is 4.50. The smallest absolute Gasteiger partial charge is 0.169 e. The monoisotopic (exact) mass is 196 g/mol. The normalized spacial score (nSPS) is 17.8. The molecule has 0 atom stereocenters. The summed E-state index contributed by atoms with van der Waals surface area (Å²) in [5.41, 5.74) is 0.569. The van der Waals surface area contributed by atoms with E-state index in [0.717, 1.165) is 17.8 Å². The molecule has 2 heterocycles. The van der Waals surface area contributed by atoms with Crippen molar-refractivity contribution in [3.05, 3.63) is 16.1 Å². The van der Waals surface area contributed by atoms with Gasteiger partial charge in [-0.3, -0.25) is 9.69 Å². The molecule has 1 aromatic rings. The van der Waals surface area contributed by atoms with Gasteiger partial charge in [0.2, 0.25) is 0 Å². The van der Waals surface area contributed by atoms with Crippen molar-refractivity contribution in [3.8, 4) is 0 Å². The van der Waals surface area contributed by atoms with E-state index in [9.17, 15) is 4.79 Å². The molecule has 0 aromatic carbocycles. The third-order valence-electron chi connectivity index (χ3n) is 2.25. The molecule has 0 saturated carbocycles. The summed E-state index contributed by atoms with van der Waals surface area (Å²) in [5.74, 6) is 0. The molecule has 0 N–H and O–H groups in total. The Kier molecular flexibility index (Phi) is 2.71. The van der Waals surface area contributed by atoms with Gasteiger partial charge in [-0.05, 0) is 25.9 Å². The standard InChI is InChI=1S/C9H12N2OS/c12-6-8-7-13-9(10-8)5-11-3-1-2-4-11/h6-7H,1-5H2. The number of likely N-dealkylation sites (tertiary alicyclic amines) is 1. The van der Waals surface area contributed by atoms with Crippen molar-refractivity contribution in [1.82, 2.24) is 9.88 Å². The van der Waals surface area contributed by atoms with Crippen molar-refractivity contribution in [2.45, 2.75) is 19.4 Å². The largest absolute Gasteiger partial charge is 0.297 e. The first kappa shape index (κ1) is 8.84. The zero-order valence-electron chi connectivity index (χ0n) is 7.40. The van der Waals surface area contributed by atoms with E-state index >= 15 is 0 Å². The van der Waals surface area contributed by atoms with Crippen LogP contribution in [-0.2, 0) is 6.54 Å². The minimum Gasteiger partial charge on any atom is -0.297 e. The van der Waals surface area contributed by atoms with E-state index in [1.165, 1.54) is 25.9 Å². The number of aldehydes is 1. The number of carbonyl (C=O) groups is 1. The fraction of sp³-hybridized carbons (Fsp3) is 0.556. The fourth-order valence-corrected chi connectivity index (χ4v) is 2.36. The van der Waals surface area contributed by atoms with Gasteiger partial charge in [0.15, 0.2) is 6.29 Å². The first-order chi connectivity index (χ1) is 6.38. The molecule has 0 aliphatic carbocycles. The van der Waals surface area contributed by atoms with Crippen LogP contribution in [0.25, 0.3) is 0 Å². The molecule has 4 heteroatoms. The van der Waals surface area contributed by atoms with E-state index in [2.05, 4.69) is 9.88 Å². The van der Waals surface area contributed by atoms with Crippen LogP contribution in [0.1, 0.15) is 28.3 Å². The topological polar surface area (TPSA) is 33.2 Å². The Morgan fingerprint density at radius 1 is 1.54 bits per heavy atom. The number of nitrogens with zero attached hydrogens (tertiary/aromatic N) is 2. The van der Waals surface area contributed by atoms with Crippen LogP contribution in [0.15, 0.2) is 5.38 Å². The van der Waals surface area contributed by atoms with Gasteiger partial charge in [0.05, 0.1) is 6.54 Å². The van der Waals surface area contributed by atoms with Crippen LogP contribution in [0.5, 0.6) is 0 Å². The van der Waals surface area contributed by atoms with E-state index in [1.54, 1.807) is 11.3 Å². The third kappa shape index (κ3) is 2.14. The summed E-state index contributed by atoms with van der Waals surface area (Å²) in [5, 5.41) is 2.88. The third-order valence-corrected chi connectivity index (χ3v) is 3.10. The zero-order valence-corrected chi connectivity index (χ0v) is 8.22. The molecule has 0 radical (unpaired) electrons. The number of aromatic nitrogens is 1. The van der Waals surface area contributed by atoms with Gasteiger partial charge >= 0.3 is 0 Å². The molecular weight excluding hydrogens is 184 g/mol. The Labute approximate surface area is 81.4 Å². The highest BCUT2D eigenvalue weighted by Crippen LogP contribution is 2.15. The second kappa shape index (κ2) is 3.98. The summed E-state index contributed by atoms with van der Waals surface area (Å²) in [6.45, 7) is 3.27. The number of rotatable bonds is 3. The first-order valence-corrected chi connectivity index (χ1v) is 5.38. The Bertz CT molecular complexity index is 292. The molecule has 13 heavy (non-hydrogen) atoms. The van der Waals surface area contributed by atoms with Crippen LogP contribution < -0.4 is 0 Å². The predicted molar refractivity (Wildman–Crippen MR) is 52.0 cm³/mol. The second-order valence-corrected chi connectivity index (χ2v) is 4.21. The van der Waals surface area contributed by atoms with Gasteiger partial charge in [0.25, 0.3) is 0 Å². The van der Waals surface area contributed by atoms with Gasteiger partial charge in [-0.15, -0.1) is 11.3 Å². The maximum Gasteiger partial charge on any atom is 0.169 e. The van der Waals surface area contributed by atoms with Crippen LogP contribution in [-0.4, -0.2) is 29.3 Å². The van der Waals surface area contributed by atoms with Crippen LogP contribution in [0, 0.1) is 0 Å². The second-order valence-electron chi connectivity index (χ2n) is 3.27. The summed E-state index contributed by atoms with van der Waals surface area (Å²) in [6, 6.07) is 0. The molecule has 0 unspecified atom stereocenters. The lowest BCUT2D eigenvalue weighted by atomic mass is 10.4. The number of hydrogen-bond acceptors (Lipinski definition) is 4. The van der Waals surface area contributed by atoms with E-state index < -0.39 is 0 Å². The minimum absolute atomic E-state index is 0.569. The summed E-state index contributed by atoms with van der Waals surface area (Å²) in [4.78, 5) is 17.0. The molecule has 1 aliphatic heterocycles. The predicted octanol–water partition coefficient (Wildman–Crippen LogP) is 1.55. The highest BCUT2D eigenvalue weighted by Gasteiger charge is 2.13.